The third kappa shape index (κ3) is 3.35. The van der Waals surface area contributed by atoms with Crippen molar-refractivity contribution in [3.05, 3.63) is 70.2 Å². The van der Waals surface area contributed by atoms with Gasteiger partial charge in [0.2, 0.25) is 0 Å². The molecule has 2 nitrogen and oxygen atoms in total. The van der Waals surface area contributed by atoms with E-state index in [9.17, 15) is 5.11 Å². The lowest BCUT2D eigenvalue weighted by Crippen LogP contribution is -2.20. The predicted octanol–water partition coefficient (Wildman–Crippen LogP) is 3.42. The minimum atomic E-state index is -0.605. The zero-order valence-corrected chi connectivity index (χ0v) is 11.6. The summed E-state index contributed by atoms with van der Waals surface area (Å²) in [5.74, 6) is -0.125. The van der Waals surface area contributed by atoms with Gasteiger partial charge in [0.15, 0.2) is 0 Å². The summed E-state index contributed by atoms with van der Waals surface area (Å²) in [6, 6.07) is 15.3. The van der Waals surface area contributed by atoms with Crippen molar-refractivity contribution in [3.8, 4) is 0 Å². The molecule has 100 valence electrons. The highest BCUT2D eigenvalue weighted by atomic mass is 35.5. The number of aliphatic hydroxyl groups excluding tert-OH is 1. The summed E-state index contributed by atoms with van der Waals surface area (Å²) < 4.78 is 0. The Kier molecular flexibility index (Phi) is 4.59. The largest absolute Gasteiger partial charge is 0.388 e. The van der Waals surface area contributed by atoms with Crippen molar-refractivity contribution in [1.82, 2.24) is 0 Å². The van der Waals surface area contributed by atoms with Crippen molar-refractivity contribution >= 4 is 11.6 Å². The molecule has 0 saturated heterocycles. The van der Waals surface area contributed by atoms with E-state index in [0.717, 1.165) is 11.1 Å². The minimum Gasteiger partial charge on any atom is -0.388 e. The predicted molar refractivity (Wildman–Crippen MR) is 79.4 cm³/mol. The van der Waals surface area contributed by atoms with E-state index in [1.165, 1.54) is 5.56 Å². The van der Waals surface area contributed by atoms with Crippen LogP contribution in [0, 0.1) is 6.92 Å². The molecule has 3 heteroatoms. The van der Waals surface area contributed by atoms with Crippen LogP contribution in [0.4, 0.5) is 0 Å². The minimum absolute atomic E-state index is 0.125. The van der Waals surface area contributed by atoms with E-state index in [1.807, 2.05) is 55.5 Å². The Bertz CT molecular complexity index is 521. The molecule has 0 fully saturated rings. The highest BCUT2D eigenvalue weighted by Crippen LogP contribution is 2.30. The van der Waals surface area contributed by atoms with Crippen molar-refractivity contribution in [2.24, 2.45) is 5.73 Å². The number of nitrogens with two attached hydrogens (primary N) is 1. The summed E-state index contributed by atoms with van der Waals surface area (Å²) >= 11 is 5.88. The van der Waals surface area contributed by atoms with E-state index >= 15 is 0 Å². The number of hydrogen-bond acceptors (Lipinski definition) is 2. The molecule has 2 rings (SSSR count). The summed E-state index contributed by atoms with van der Waals surface area (Å²) in [5, 5.41) is 11.2. The number of aryl methyl sites for hydroxylation is 1. The Morgan fingerprint density at radius 1 is 1.00 bits per heavy atom. The summed E-state index contributed by atoms with van der Waals surface area (Å²) in [6.45, 7) is 2.41. The molecule has 0 heterocycles. The van der Waals surface area contributed by atoms with Gasteiger partial charge in [-0.3, -0.25) is 0 Å². The van der Waals surface area contributed by atoms with E-state index in [-0.39, 0.29) is 5.92 Å². The van der Waals surface area contributed by atoms with E-state index in [4.69, 9.17) is 17.3 Å². The maximum atomic E-state index is 10.5. The van der Waals surface area contributed by atoms with Crippen LogP contribution < -0.4 is 5.73 Å². The van der Waals surface area contributed by atoms with Gasteiger partial charge in [-0.2, -0.15) is 0 Å². The normalized spacial score (nSPS) is 14.1. The van der Waals surface area contributed by atoms with Crippen LogP contribution >= 0.6 is 11.6 Å². The summed E-state index contributed by atoms with van der Waals surface area (Å²) in [7, 11) is 0. The third-order valence-electron chi connectivity index (χ3n) is 3.35. The highest BCUT2D eigenvalue weighted by molar-refractivity contribution is 6.30. The van der Waals surface area contributed by atoms with Gasteiger partial charge in [-0.15, -0.1) is 0 Å². The molecule has 0 aliphatic heterocycles. The Hall–Kier alpha value is -1.35. The van der Waals surface area contributed by atoms with E-state index in [2.05, 4.69) is 0 Å². The summed E-state index contributed by atoms with van der Waals surface area (Å²) in [6.07, 6.45) is -0.605. The number of hydrogen-bond donors (Lipinski definition) is 2. The molecular formula is C16H18ClNO. The molecule has 2 unspecified atom stereocenters. The van der Waals surface area contributed by atoms with E-state index < -0.39 is 6.10 Å². The smallest absolute Gasteiger partial charge is 0.0870 e. The van der Waals surface area contributed by atoms with Gasteiger partial charge in [0.1, 0.15) is 0 Å². The Labute approximate surface area is 118 Å². The fourth-order valence-corrected chi connectivity index (χ4v) is 2.28. The van der Waals surface area contributed by atoms with E-state index in [1.54, 1.807) is 0 Å². The average molecular weight is 276 g/mol. The molecule has 2 aromatic rings. The second-order valence-electron chi connectivity index (χ2n) is 4.75. The first-order valence-electron chi connectivity index (χ1n) is 6.32. The van der Waals surface area contributed by atoms with Gasteiger partial charge in [-0.1, -0.05) is 53.6 Å². The molecule has 0 bridgehead atoms. The van der Waals surface area contributed by atoms with Crippen molar-refractivity contribution in [2.45, 2.75) is 18.9 Å². The van der Waals surface area contributed by atoms with Crippen LogP contribution in [0.3, 0.4) is 0 Å². The van der Waals surface area contributed by atoms with E-state index in [0.29, 0.717) is 11.6 Å². The fourth-order valence-electron chi connectivity index (χ4n) is 2.15. The lowest BCUT2D eigenvalue weighted by molar-refractivity contribution is 0.147. The van der Waals surface area contributed by atoms with Crippen LogP contribution in [0.1, 0.15) is 28.7 Å². The molecule has 0 spiro atoms. The van der Waals surface area contributed by atoms with Crippen LogP contribution in [0.5, 0.6) is 0 Å². The summed E-state index contributed by atoms with van der Waals surface area (Å²) in [5.41, 5.74) is 8.88. The third-order valence-corrected chi connectivity index (χ3v) is 3.60. The first kappa shape index (κ1) is 14.1. The Balaban J connectivity index is 2.26. The SMILES string of the molecule is Cc1ccc(C(O)C(CN)c2ccc(Cl)cc2)cc1. The van der Waals surface area contributed by atoms with Crippen LogP contribution in [-0.2, 0) is 0 Å². The standard InChI is InChI=1S/C16H18ClNO/c1-11-2-4-13(5-3-11)16(19)15(10-18)12-6-8-14(17)9-7-12/h2-9,15-16,19H,10,18H2,1H3. The number of halogens is 1. The topological polar surface area (TPSA) is 46.2 Å². The number of rotatable bonds is 4. The Morgan fingerprint density at radius 2 is 1.53 bits per heavy atom. The number of benzene rings is 2. The quantitative estimate of drug-likeness (QED) is 0.898. The van der Waals surface area contributed by atoms with Crippen molar-refractivity contribution in [3.63, 3.8) is 0 Å². The molecule has 2 aromatic carbocycles. The number of aliphatic hydroxyl groups is 1. The van der Waals surface area contributed by atoms with Gasteiger partial charge in [-0.05, 0) is 30.2 Å². The first-order valence-corrected chi connectivity index (χ1v) is 6.70. The maximum Gasteiger partial charge on any atom is 0.0870 e. The van der Waals surface area contributed by atoms with Crippen LogP contribution in [0.25, 0.3) is 0 Å². The maximum absolute atomic E-state index is 10.5. The Morgan fingerprint density at radius 3 is 2.05 bits per heavy atom. The monoisotopic (exact) mass is 275 g/mol. The molecule has 2 atom stereocenters. The fraction of sp³-hybridized carbons (Fsp3) is 0.250. The van der Waals surface area contributed by atoms with Gasteiger partial charge in [0.05, 0.1) is 6.10 Å². The van der Waals surface area contributed by atoms with Crippen molar-refractivity contribution in [1.29, 1.82) is 0 Å². The van der Waals surface area contributed by atoms with Gasteiger partial charge in [0.25, 0.3) is 0 Å². The van der Waals surface area contributed by atoms with Crippen LogP contribution in [0.15, 0.2) is 48.5 Å². The molecule has 3 N–H and O–H groups in total. The summed E-state index contributed by atoms with van der Waals surface area (Å²) in [4.78, 5) is 0. The molecule has 0 aromatic heterocycles. The van der Waals surface area contributed by atoms with Crippen LogP contribution in [0.2, 0.25) is 5.02 Å². The molecule has 0 aliphatic rings. The van der Waals surface area contributed by atoms with Crippen LogP contribution in [-0.4, -0.2) is 11.7 Å². The van der Waals surface area contributed by atoms with Gasteiger partial charge in [0, 0.05) is 17.5 Å². The highest BCUT2D eigenvalue weighted by Gasteiger charge is 2.21. The zero-order chi connectivity index (χ0) is 13.8. The lowest BCUT2D eigenvalue weighted by Gasteiger charge is -2.22. The molecule has 0 radical (unpaired) electrons. The molecular weight excluding hydrogens is 258 g/mol. The second-order valence-corrected chi connectivity index (χ2v) is 5.19. The van der Waals surface area contributed by atoms with Crippen molar-refractivity contribution in [2.75, 3.05) is 6.54 Å². The molecule has 19 heavy (non-hydrogen) atoms. The van der Waals surface area contributed by atoms with Gasteiger partial charge in [-0.25, -0.2) is 0 Å². The second kappa shape index (κ2) is 6.20. The average Bonchev–Trinajstić information content (AvgIpc) is 2.42. The zero-order valence-electron chi connectivity index (χ0n) is 10.9. The molecule has 0 amide bonds. The van der Waals surface area contributed by atoms with Gasteiger partial charge < -0.3 is 10.8 Å². The lowest BCUT2D eigenvalue weighted by atomic mass is 9.89. The molecule has 0 saturated carbocycles. The molecule has 0 aliphatic carbocycles. The first-order chi connectivity index (χ1) is 9.11. The van der Waals surface area contributed by atoms with Crippen molar-refractivity contribution < 1.29 is 5.11 Å². The van der Waals surface area contributed by atoms with Gasteiger partial charge >= 0.3 is 0 Å².